The molecule has 0 aliphatic heterocycles. The molecule has 6 aromatic carbocycles. The first-order valence-corrected chi connectivity index (χ1v) is 27.2. The Balaban J connectivity index is 0.000000177. The second kappa shape index (κ2) is 15.5. The molecule has 0 aliphatic carbocycles. The summed E-state index contributed by atoms with van der Waals surface area (Å²) >= 11 is -0.411. The first-order valence-electron chi connectivity index (χ1n) is 20.0. The average Bonchev–Trinajstić information content (AvgIpc) is 3.92. The largest absolute Gasteiger partial charge is 0.501 e. The number of imidazole rings is 1. The summed E-state index contributed by atoms with van der Waals surface area (Å²) in [5.41, 5.74) is 7.66. The van der Waals surface area contributed by atoms with Crippen LogP contribution in [0.2, 0.25) is 17.3 Å². The Kier molecular flexibility index (Phi) is 9.91. The van der Waals surface area contributed by atoms with E-state index in [9.17, 15) is 0 Å². The number of furan rings is 1. The van der Waals surface area contributed by atoms with Crippen molar-refractivity contribution in [2.24, 2.45) is 5.41 Å². The second-order valence-corrected chi connectivity index (χ2v) is 27.9. The summed E-state index contributed by atoms with van der Waals surface area (Å²) in [4.78, 5) is 9.70. The zero-order valence-electron chi connectivity index (χ0n) is 34.8. The van der Waals surface area contributed by atoms with Gasteiger partial charge < -0.3 is 8.98 Å². The SMILES string of the molecule is [2H]C([2H])(c1cc(-c2[c-]cccc2)nc[c]1[Ge]([CH3])([CH3])[CH3])C(C)(C)C.[Ir].[c-]1ccc2c(oc3ccccc32)c1-c1nc2ccccc2n1-c1ccc2sc3ccccc3c2c1. The van der Waals surface area contributed by atoms with E-state index < -0.39 is 25.1 Å². The summed E-state index contributed by atoms with van der Waals surface area (Å²) in [5.74, 6) is 7.68. The maximum absolute atomic E-state index is 8.76. The van der Waals surface area contributed by atoms with Crippen LogP contribution in [0.1, 0.15) is 29.1 Å². The number of thiophene rings is 1. The Bertz CT molecular complexity index is 3140. The van der Waals surface area contributed by atoms with Crippen LogP contribution in [-0.2, 0) is 26.5 Å². The zero-order chi connectivity index (χ0) is 40.4. The van der Waals surface area contributed by atoms with Crippen molar-refractivity contribution in [3.63, 3.8) is 0 Å². The Hall–Kier alpha value is -4.85. The van der Waals surface area contributed by atoms with Crippen LogP contribution in [0.25, 0.3) is 81.5 Å². The van der Waals surface area contributed by atoms with E-state index in [-0.39, 0.29) is 20.1 Å². The monoisotopic (exact) mass is 1000 g/mol. The third-order valence-electron chi connectivity index (χ3n) is 9.95. The molecule has 0 amide bonds. The topological polar surface area (TPSA) is 43.9 Å². The van der Waals surface area contributed by atoms with Gasteiger partial charge in [0, 0.05) is 51.4 Å². The van der Waals surface area contributed by atoms with Crippen LogP contribution in [0.4, 0.5) is 0 Å². The number of pyridine rings is 1. The Morgan fingerprint density at radius 3 is 2.28 bits per heavy atom. The number of rotatable bonds is 5. The fourth-order valence-electron chi connectivity index (χ4n) is 7.43. The van der Waals surface area contributed by atoms with Gasteiger partial charge in [-0.15, -0.1) is 29.5 Å². The fraction of sp³-hybridized carbons (Fsp3) is 0.160. The Labute approximate surface area is 357 Å². The maximum Gasteiger partial charge on any atom is 0.120 e. The molecule has 4 nitrogen and oxygen atoms in total. The summed E-state index contributed by atoms with van der Waals surface area (Å²) in [7, 11) is 0. The molecular weight excluding hydrogens is 955 g/mol. The molecule has 0 bridgehead atoms. The van der Waals surface area contributed by atoms with E-state index in [0.29, 0.717) is 0 Å². The van der Waals surface area contributed by atoms with Crippen LogP contribution in [0.5, 0.6) is 0 Å². The minimum absolute atomic E-state index is 0. The molecule has 0 fully saturated rings. The van der Waals surface area contributed by atoms with Crippen LogP contribution in [-0.4, -0.2) is 27.8 Å². The van der Waals surface area contributed by atoms with Crippen molar-refractivity contribution in [3.05, 3.63) is 157 Å². The van der Waals surface area contributed by atoms with Crippen molar-refractivity contribution < 1.29 is 27.3 Å². The van der Waals surface area contributed by atoms with E-state index in [4.69, 9.17) is 12.1 Å². The van der Waals surface area contributed by atoms with Crippen LogP contribution in [0, 0.1) is 17.5 Å². The third-order valence-corrected chi connectivity index (χ3v) is 15.3. The van der Waals surface area contributed by atoms with Gasteiger partial charge in [-0.2, -0.15) is 0 Å². The molecule has 4 heterocycles. The molecule has 0 unspecified atom stereocenters. The Morgan fingerprint density at radius 2 is 1.49 bits per heavy atom. The van der Waals surface area contributed by atoms with Crippen LogP contribution in [0.3, 0.4) is 0 Å². The number of benzene rings is 6. The second-order valence-electron chi connectivity index (χ2n) is 16.2. The minimum Gasteiger partial charge on any atom is -0.501 e. The summed E-state index contributed by atoms with van der Waals surface area (Å²) in [5, 5.41) is 4.72. The van der Waals surface area contributed by atoms with Crippen molar-refractivity contribution in [2.45, 2.75) is 44.4 Å². The summed E-state index contributed by atoms with van der Waals surface area (Å²) < 4.78 is 29.8. The first-order chi connectivity index (χ1) is 27.8. The number of hydrogen-bond donors (Lipinski definition) is 0. The normalized spacial score (nSPS) is 12.7. The summed E-state index contributed by atoms with van der Waals surface area (Å²) in [6, 6.07) is 52.1. The third kappa shape index (κ3) is 7.64. The number of hydrogen-bond acceptors (Lipinski definition) is 4. The van der Waals surface area contributed by atoms with Crippen molar-refractivity contribution in [3.8, 4) is 28.3 Å². The summed E-state index contributed by atoms with van der Waals surface area (Å²) in [6.45, 7) is 5.88. The van der Waals surface area contributed by atoms with Crippen molar-refractivity contribution >= 4 is 82.1 Å². The molecule has 1 radical (unpaired) electrons. The molecular formula is C50H43GeIrN3OS-2. The molecule has 0 saturated carbocycles. The van der Waals surface area contributed by atoms with Crippen molar-refractivity contribution in [1.29, 1.82) is 0 Å². The van der Waals surface area contributed by atoms with Gasteiger partial charge in [-0.1, -0.05) is 59.5 Å². The average molecular weight is 1000 g/mol. The molecule has 285 valence electrons. The van der Waals surface area contributed by atoms with E-state index >= 15 is 0 Å². The van der Waals surface area contributed by atoms with Crippen LogP contribution in [0.15, 0.2) is 144 Å². The molecule has 0 atom stereocenters. The molecule has 4 aromatic heterocycles. The number of fused-ring (bicyclic) bond motifs is 7. The Morgan fingerprint density at radius 1 is 0.754 bits per heavy atom. The molecule has 0 aliphatic rings. The molecule has 57 heavy (non-hydrogen) atoms. The van der Waals surface area contributed by atoms with Gasteiger partial charge in [0.25, 0.3) is 0 Å². The van der Waals surface area contributed by atoms with Gasteiger partial charge in [0.05, 0.1) is 22.4 Å². The van der Waals surface area contributed by atoms with Gasteiger partial charge in [0.15, 0.2) is 0 Å². The van der Waals surface area contributed by atoms with Crippen LogP contribution < -0.4 is 4.40 Å². The predicted octanol–water partition coefficient (Wildman–Crippen LogP) is 13.4. The van der Waals surface area contributed by atoms with E-state index in [1.807, 2.05) is 99.0 Å². The van der Waals surface area contributed by atoms with Gasteiger partial charge in [-0.25, -0.2) is 0 Å². The smallest absolute Gasteiger partial charge is 0.120 e. The first kappa shape index (κ1) is 36.5. The van der Waals surface area contributed by atoms with Gasteiger partial charge >= 0.3 is 135 Å². The molecule has 0 spiro atoms. The molecule has 0 saturated heterocycles. The van der Waals surface area contributed by atoms with Crippen molar-refractivity contribution in [1.82, 2.24) is 14.5 Å². The number of aromatic nitrogens is 3. The van der Waals surface area contributed by atoms with Gasteiger partial charge in [0.1, 0.15) is 5.58 Å². The molecule has 10 aromatic rings. The van der Waals surface area contributed by atoms with Gasteiger partial charge in [-0.05, 0) is 42.5 Å². The standard InChI is InChI=1S/C31H17N2OS.C19H26GeN.Ir/c1-5-14-27-20(8-1)22-10-7-11-23(30(22)34-27)31-32-25-12-3-4-13-26(25)33(31)19-16-17-29-24(18-19)21-9-2-6-15-28(21)35-29;1-19(2,3)13-16-12-18(15-10-8-7-9-11-15)21-14-17(16)20(4,5)6;/h1-10,12-18H;7-10,12,14H,13H2,1-6H3;/q2*-1;/i;13D2;. The quantitative estimate of drug-likeness (QED) is 0.127. The molecule has 7 heteroatoms. The van der Waals surface area contributed by atoms with Crippen molar-refractivity contribution in [2.75, 3.05) is 0 Å². The van der Waals surface area contributed by atoms with E-state index in [1.54, 1.807) is 0 Å². The van der Waals surface area contributed by atoms with E-state index in [2.05, 4.69) is 112 Å². The summed E-state index contributed by atoms with van der Waals surface area (Å²) in [6.07, 6.45) is 0.502. The number of para-hydroxylation sites is 3. The molecule has 0 N–H and O–H groups in total. The van der Waals surface area contributed by atoms with Gasteiger partial charge in [-0.3, -0.25) is 4.98 Å². The van der Waals surface area contributed by atoms with E-state index in [0.717, 1.165) is 71.3 Å². The van der Waals surface area contributed by atoms with E-state index in [1.165, 1.54) is 20.2 Å². The van der Waals surface area contributed by atoms with Crippen LogP contribution >= 0.6 is 11.3 Å². The zero-order valence-corrected chi connectivity index (χ0v) is 38.1. The minimum atomic E-state index is -2.24. The molecule has 10 rings (SSSR count). The number of nitrogens with zero attached hydrogens (tertiary/aromatic N) is 3. The maximum atomic E-state index is 8.76. The fourth-order valence-corrected chi connectivity index (χ4v) is 11.4. The predicted molar refractivity (Wildman–Crippen MR) is 240 cm³/mol. The van der Waals surface area contributed by atoms with Gasteiger partial charge in [0.2, 0.25) is 0 Å².